The van der Waals surface area contributed by atoms with Crippen molar-refractivity contribution in [3.8, 4) is 5.75 Å². The molecule has 9 heteroatoms. The maximum absolute atomic E-state index is 13.5. The lowest BCUT2D eigenvalue weighted by molar-refractivity contribution is -0.139. The van der Waals surface area contributed by atoms with Crippen molar-refractivity contribution in [1.82, 2.24) is 19.7 Å². The summed E-state index contributed by atoms with van der Waals surface area (Å²) in [4.78, 5) is 18.8. The smallest absolute Gasteiger partial charge is 0.263 e. The molecule has 3 atom stereocenters. The fourth-order valence-corrected chi connectivity index (χ4v) is 4.74. The lowest BCUT2D eigenvalue weighted by Gasteiger charge is -2.40. The molecule has 1 fully saturated rings. The zero-order valence-corrected chi connectivity index (χ0v) is 18.1. The van der Waals surface area contributed by atoms with Gasteiger partial charge in [0.1, 0.15) is 18.1 Å². The van der Waals surface area contributed by atoms with Crippen molar-refractivity contribution in [2.75, 3.05) is 18.4 Å². The summed E-state index contributed by atoms with van der Waals surface area (Å²) in [5.74, 6) is 1.25. The van der Waals surface area contributed by atoms with E-state index >= 15 is 0 Å². The van der Waals surface area contributed by atoms with E-state index in [1.54, 1.807) is 6.92 Å². The number of carbonyl (C=O) groups is 1. The molecule has 1 aromatic heterocycles. The van der Waals surface area contributed by atoms with E-state index in [-0.39, 0.29) is 17.9 Å². The van der Waals surface area contributed by atoms with Gasteiger partial charge >= 0.3 is 0 Å². The summed E-state index contributed by atoms with van der Waals surface area (Å²) in [7, 11) is 0. The monoisotopic (exact) mass is 433 g/mol. The third-order valence-corrected chi connectivity index (χ3v) is 6.26. The van der Waals surface area contributed by atoms with Crippen molar-refractivity contribution in [2.24, 2.45) is 5.92 Å². The minimum absolute atomic E-state index is 0.0422. The number of likely N-dealkylation sites (tertiary alicyclic amines) is 1. The number of rotatable bonds is 5. The first-order chi connectivity index (χ1) is 14.8. The van der Waals surface area contributed by atoms with Crippen LogP contribution in [0.3, 0.4) is 0 Å². The van der Waals surface area contributed by atoms with E-state index in [2.05, 4.69) is 21.5 Å². The molecule has 1 amide bonds. The molecule has 168 valence electrons. The van der Waals surface area contributed by atoms with E-state index in [0.717, 1.165) is 24.0 Å². The number of benzene rings is 1. The zero-order chi connectivity index (χ0) is 22.1. The second-order valence-electron chi connectivity index (χ2n) is 8.66. The first-order valence-electron chi connectivity index (χ1n) is 10.8. The van der Waals surface area contributed by atoms with E-state index in [0.29, 0.717) is 31.2 Å². The average Bonchev–Trinajstić information content (AvgIpc) is 3.20. The molecule has 0 unspecified atom stereocenters. The van der Waals surface area contributed by atoms with Crippen LogP contribution < -0.4 is 10.1 Å². The number of aromatic nitrogens is 3. The number of piperidine rings is 1. The number of carbonyl (C=O) groups excluding carboxylic acids is 1. The molecule has 1 saturated heterocycles. The van der Waals surface area contributed by atoms with Gasteiger partial charge in [-0.25, -0.2) is 13.5 Å². The van der Waals surface area contributed by atoms with Crippen molar-refractivity contribution in [1.29, 1.82) is 0 Å². The molecule has 2 aliphatic rings. The van der Waals surface area contributed by atoms with Gasteiger partial charge in [-0.15, -0.1) is 0 Å². The van der Waals surface area contributed by atoms with Crippen molar-refractivity contribution in [3.05, 3.63) is 35.7 Å². The van der Waals surface area contributed by atoms with Crippen LogP contribution in [0.15, 0.2) is 24.5 Å². The van der Waals surface area contributed by atoms with Gasteiger partial charge in [0.25, 0.3) is 12.3 Å². The number of halogens is 2. The second-order valence-corrected chi connectivity index (χ2v) is 8.66. The van der Waals surface area contributed by atoms with E-state index in [9.17, 15) is 13.6 Å². The number of ether oxygens (including phenoxy) is 1. The van der Waals surface area contributed by atoms with Gasteiger partial charge in [0, 0.05) is 19.1 Å². The van der Waals surface area contributed by atoms with Gasteiger partial charge in [0.15, 0.2) is 6.10 Å². The summed E-state index contributed by atoms with van der Waals surface area (Å²) in [5, 5.41) is 7.20. The number of hydrogen-bond donors (Lipinski definition) is 1. The van der Waals surface area contributed by atoms with Gasteiger partial charge in [-0.1, -0.05) is 6.07 Å². The van der Waals surface area contributed by atoms with Gasteiger partial charge in [-0.05, 0) is 69.2 Å². The third-order valence-electron chi connectivity index (χ3n) is 6.26. The number of nitrogens with zero attached hydrogens (tertiary/aromatic N) is 4. The van der Waals surface area contributed by atoms with Gasteiger partial charge < -0.3 is 15.0 Å². The van der Waals surface area contributed by atoms with Crippen LogP contribution in [-0.4, -0.2) is 57.2 Å². The summed E-state index contributed by atoms with van der Waals surface area (Å²) >= 11 is 0. The number of hydrogen-bond acceptors (Lipinski definition) is 5. The Kier molecular flexibility index (Phi) is 6.11. The topological polar surface area (TPSA) is 72.3 Å². The second kappa shape index (κ2) is 8.80. The zero-order valence-electron chi connectivity index (χ0n) is 18.1. The highest BCUT2D eigenvalue weighted by Crippen LogP contribution is 2.35. The molecule has 2 aliphatic heterocycles. The van der Waals surface area contributed by atoms with Gasteiger partial charge in [0.05, 0.1) is 0 Å². The lowest BCUT2D eigenvalue weighted by Crippen LogP contribution is -2.48. The molecular weight excluding hydrogens is 404 g/mol. The summed E-state index contributed by atoms with van der Waals surface area (Å²) in [5.41, 5.74) is 2.18. The molecule has 0 bridgehead atoms. The molecular formula is C22H29F2N5O2. The van der Waals surface area contributed by atoms with Crippen molar-refractivity contribution in [3.63, 3.8) is 0 Å². The van der Waals surface area contributed by atoms with E-state index in [1.165, 1.54) is 11.0 Å². The number of aryl methyl sites for hydroxylation is 2. The fourth-order valence-electron chi connectivity index (χ4n) is 4.74. The standard InChI is InChI=1S/C22H29F2N5O2/c1-13-8-14(2)10-17(9-13)31-15(3)21(30)28-6-4-16(5-7-28)18-11-19(20(23)24)29-22(27-18)25-12-26-29/h8-10,12,15-16,18-20H,4-7,11H2,1-3H3,(H,25,26,27)/t15-,18-,19+/m0/s1. The minimum Gasteiger partial charge on any atom is -0.481 e. The molecule has 0 spiro atoms. The highest BCUT2D eigenvalue weighted by atomic mass is 19.3. The first-order valence-corrected chi connectivity index (χ1v) is 10.8. The van der Waals surface area contributed by atoms with Crippen molar-refractivity contribution >= 4 is 11.9 Å². The third kappa shape index (κ3) is 4.65. The highest BCUT2D eigenvalue weighted by molar-refractivity contribution is 5.81. The van der Waals surface area contributed by atoms with Crippen LogP contribution >= 0.6 is 0 Å². The maximum Gasteiger partial charge on any atom is 0.263 e. The maximum atomic E-state index is 13.5. The quantitative estimate of drug-likeness (QED) is 0.780. The van der Waals surface area contributed by atoms with Gasteiger partial charge in [-0.3, -0.25) is 4.79 Å². The number of amides is 1. The summed E-state index contributed by atoms with van der Waals surface area (Å²) in [6, 6.07) is 4.85. The number of anilines is 1. The minimum atomic E-state index is -2.49. The van der Waals surface area contributed by atoms with Crippen LogP contribution in [0.25, 0.3) is 0 Å². The van der Waals surface area contributed by atoms with Crippen LogP contribution in [0.5, 0.6) is 5.75 Å². The Labute approximate surface area is 180 Å². The molecule has 2 aromatic rings. The van der Waals surface area contributed by atoms with Crippen LogP contribution in [0, 0.1) is 19.8 Å². The number of fused-ring (bicyclic) bond motifs is 1. The molecule has 1 aromatic carbocycles. The van der Waals surface area contributed by atoms with Crippen molar-refractivity contribution in [2.45, 2.75) is 64.6 Å². The molecule has 4 rings (SSSR count). The number of alkyl halides is 2. The molecule has 7 nitrogen and oxygen atoms in total. The van der Waals surface area contributed by atoms with E-state index < -0.39 is 18.6 Å². The molecule has 0 saturated carbocycles. The van der Waals surface area contributed by atoms with Gasteiger partial charge in [-0.2, -0.15) is 10.1 Å². The Balaban J connectivity index is 1.33. The van der Waals surface area contributed by atoms with E-state index in [4.69, 9.17) is 4.74 Å². The Bertz CT molecular complexity index is 906. The Hall–Kier alpha value is -2.71. The molecule has 31 heavy (non-hydrogen) atoms. The Morgan fingerprint density at radius 2 is 1.87 bits per heavy atom. The summed E-state index contributed by atoms with van der Waals surface area (Å²) < 4.78 is 34.2. The molecule has 1 N–H and O–H groups in total. The Morgan fingerprint density at radius 3 is 2.52 bits per heavy atom. The normalized spacial score (nSPS) is 22.7. The van der Waals surface area contributed by atoms with Crippen LogP contribution in [0.4, 0.5) is 14.7 Å². The molecule has 3 heterocycles. The van der Waals surface area contributed by atoms with Crippen LogP contribution in [-0.2, 0) is 4.79 Å². The van der Waals surface area contributed by atoms with Gasteiger partial charge in [0.2, 0.25) is 5.95 Å². The van der Waals surface area contributed by atoms with Crippen molar-refractivity contribution < 1.29 is 18.3 Å². The van der Waals surface area contributed by atoms with Crippen LogP contribution in [0.1, 0.15) is 43.4 Å². The molecule has 0 radical (unpaired) electrons. The largest absolute Gasteiger partial charge is 0.481 e. The predicted octanol–water partition coefficient (Wildman–Crippen LogP) is 3.59. The lowest BCUT2D eigenvalue weighted by atomic mass is 9.85. The SMILES string of the molecule is Cc1cc(C)cc(O[C@@H](C)C(=O)N2CCC([C@@H]3C[C@H](C(F)F)n4ncnc4N3)CC2)c1. The van der Waals surface area contributed by atoms with Crippen LogP contribution in [0.2, 0.25) is 0 Å². The predicted molar refractivity (Wildman–Crippen MR) is 112 cm³/mol. The molecule has 0 aliphatic carbocycles. The summed E-state index contributed by atoms with van der Waals surface area (Å²) in [6.45, 7) is 6.95. The first kappa shape index (κ1) is 21.5. The average molecular weight is 434 g/mol. The summed E-state index contributed by atoms with van der Waals surface area (Å²) in [6.07, 6.45) is 0.0486. The fraction of sp³-hybridized carbons (Fsp3) is 0.591. The number of nitrogens with one attached hydrogen (secondary N) is 1. The highest BCUT2D eigenvalue weighted by Gasteiger charge is 2.39. The Morgan fingerprint density at radius 1 is 1.19 bits per heavy atom. The van der Waals surface area contributed by atoms with E-state index in [1.807, 2.05) is 30.9 Å².